The predicted molar refractivity (Wildman–Crippen MR) is 23.5 cm³/mol. The first kappa shape index (κ1) is 7.38. The predicted octanol–water partition coefficient (Wildman–Crippen LogP) is 1.13. The molecule has 0 aromatic heterocycles. The summed E-state index contributed by atoms with van der Waals surface area (Å²) in [5, 5.41) is 0. The van der Waals surface area contributed by atoms with Crippen LogP contribution in [-0.4, -0.2) is 5.78 Å². The van der Waals surface area contributed by atoms with Gasteiger partial charge in [-0.3, -0.25) is 4.79 Å². The van der Waals surface area contributed by atoms with Crippen LogP contribution in [0, 0.1) is 0 Å². The van der Waals surface area contributed by atoms with E-state index in [-0.39, 0.29) is 21.7 Å². The Morgan fingerprint density at radius 1 is 1.14 bits per heavy atom. The van der Waals surface area contributed by atoms with Gasteiger partial charge in [0, 0.05) is 34.6 Å². The molecule has 1 aliphatic rings. The normalized spacial score (nSPS) is 19.1. The second kappa shape index (κ2) is 3.39. The van der Waals surface area contributed by atoms with Gasteiger partial charge in [-0.1, -0.05) is 0 Å². The fourth-order valence-electron chi connectivity index (χ4n) is 0.769. The van der Waals surface area contributed by atoms with E-state index in [0.29, 0.717) is 5.78 Å². The van der Waals surface area contributed by atoms with Crippen molar-refractivity contribution in [2.45, 2.75) is 25.7 Å². The Kier molecular flexibility index (Phi) is 3.58. The first-order valence-corrected chi connectivity index (χ1v) is 2.41. The van der Waals surface area contributed by atoms with E-state index in [1.807, 2.05) is 0 Å². The summed E-state index contributed by atoms with van der Waals surface area (Å²) in [7, 11) is 0. The number of hydrogen-bond donors (Lipinski definition) is 0. The van der Waals surface area contributed by atoms with Crippen LogP contribution in [0.15, 0.2) is 0 Å². The number of rotatable bonds is 0. The summed E-state index contributed by atoms with van der Waals surface area (Å²) in [5.41, 5.74) is 0. The molecule has 1 rings (SSSR count). The van der Waals surface area contributed by atoms with Crippen molar-refractivity contribution >= 4 is 5.78 Å². The number of Topliss-reactive ketones (excluding diaryl/α,β-unsaturated/α-hetero) is 1. The Balaban J connectivity index is 0.000000360. The van der Waals surface area contributed by atoms with Gasteiger partial charge in [-0.15, -0.1) is 0 Å². The van der Waals surface area contributed by atoms with Gasteiger partial charge in [0.1, 0.15) is 5.78 Å². The SMILES string of the molecule is O=C1CCCC1.[Ti]. The standard InChI is InChI=1S/C5H8O.Ti/c6-5-3-1-2-4-5;/h1-4H2;. The van der Waals surface area contributed by atoms with E-state index in [4.69, 9.17) is 0 Å². The largest absolute Gasteiger partial charge is 0.300 e. The molecule has 0 heterocycles. The van der Waals surface area contributed by atoms with Crippen molar-refractivity contribution in [3.05, 3.63) is 0 Å². The molecule has 1 fully saturated rings. The molecule has 0 aromatic carbocycles. The van der Waals surface area contributed by atoms with Crippen LogP contribution in [-0.2, 0) is 26.5 Å². The van der Waals surface area contributed by atoms with Crippen LogP contribution in [0.3, 0.4) is 0 Å². The molecule has 0 spiro atoms. The summed E-state index contributed by atoms with van der Waals surface area (Å²) in [6.45, 7) is 0. The first-order valence-electron chi connectivity index (χ1n) is 2.41. The van der Waals surface area contributed by atoms with Crippen molar-refractivity contribution in [2.75, 3.05) is 0 Å². The van der Waals surface area contributed by atoms with Gasteiger partial charge in [-0.05, 0) is 12.8 Å². The van der Waals surface area contributed by atoms with Crippen LogP contribution in [0.2, 0.25) is 0 Å². The molecule has 1 aliphatic carbocycles. The number of carbonyl (C=O) groups excluding carboxylic acids is 1. The van der Waals surface area contributed by atoms with Crippen LogP contribution in [0.5, 0.6) is 0 Å². The van der Waals surface area contributed by atoms with Crippen LogP contribution in [0.4, 0.5) is 0 Å². The summed E-state index contributed by atoms with van der Waals surface area (Å²) in [5.74, 6) is 0.454. The van der Waals surface area contributed by atoms with Gasteiger partial charge in [0.05, 0.1) is 0 Å². The number of carbonyl (C=O) groups is 1. The van der Waals surface area contributed by atoms with Crippen molar-refractivity contribution in [3.8, 4) is 0 Å². The third-order valence-electron chi connectivity index (χ3n) is 1.16. The summed E-state index contributed by atoms with van der Waals surface area (Å²) >= 11 is 0. The Bertz CT molecular complexity index is 62.5. The molecule has 1 nitrogen and oxygen atoms in total. The molecule has 0 aromatic rings. The fraction of sp³-hybridized carbons (Fsp3) is 0.800. The van der Waals surface area contributed by atoms with E-state index < -0.39 is 0 Å². The van der Waals surface area contributed by atoms with Gasteiger partial charge in [-0.25, -0.2) is 0 Å². The average Bonchev–Trinajstić information content (AvgIpc) is 1.86. The van der Waals surface area contributed by atoms with Gasteiger partial charge in [0.2, 0.25) is 0 Å². The number of ketones is 1. The minimum absolute atomic E-state index is 0. The zero-order valence-corrected chi connectivity index (χ0v) is 5.80. The molecule has 1 saturated carbocycles. The van der Waals surface area contributed by atoms with Crippen LogP contribution >= 0.6 is 0 Å². The third-order valence-corrected chi connectivity index (χ3v) is 1.16. The fourth-order valence-corrected chi connectivity index (χ4v) is 0.769. The molecule has 38 valence electrons. The van der Waals surface area contributed by atoms with E-state index in [2.05, 4.69) is 0 Å². The van der Waals surface area contributed by atoms with E-state index >= 15 is 0 Å². The molecule has 0 amide bonds. The molecule has 0 radical (unpaired) electrons. The summed E-state index contributed by atoms with van der Waals surface area (Å²) in [6, 6.07) is 0. The zero-order chi connectivity index (χ0) is 4.41. The monoisotopic (exact) mass is 132 g/mol. The zero-order valence-electron chi connectivity index (χ0n) is 4.24. The van der Waals surface area contributed by atoms with Gasteiger partial charge >= 0.3 is 0 Å². The molecular weight excluding hydrogens is 124 g/mol. The maximum atomic E-state index is 10.2. The molecule has 0 unspecified atom stereocenters. The minimum Gasteiger partial charge on any atom is -0.300 e. The topological polar surface area (TPSA) is 17.1 Å². The quantitative estimate of drug-likeness (QED) is 0.451. The molecule has 0 saturated heterocycles. The third kappa shape index (κ3) is 2.25. The summed E-state index contributed by atoms with van der Waals surface area (Å²) < 4.78 is 0. The first-order chi connectivity index (χ1) is 2.89. The Hall–Kier alpha value is 0.384. The van der Waals surface area contributed by atoms with E-state index in [1.165, 1.54) is 0 Å². The molecule has 2 heteroatoms. The van der Waals surface area contributed by atoms with Crippen molar-refractivity contribution < 1.29 is 26.5 Å². The molecule has 0 N–H and O–H groups in total. The van der Waals surface area contributed by atoms with Crippen LogP contribution in [0.25, 0.3) is 0 Å². The Labute approximate surface area is 58.4 Å². The Morgan fingerprint density at radius 2 is 1.57 bits per heavy atom. The van der Waals surface area contributed by atoms with E-state index in [9.17, 15) is 4.79 Å². The van der Waals surface area contributed by atoms with Crippen molar-refractivity contribution in [2.24, 2.45) is 0 Å². The Morgan fingerprint density at radius 3 is 1.71 bits per heavy atom. The maximum Gasteiger partial charge on any atom is 0.132 e. The molecular formula is C5H8OTi. The average molecular weight is 132 g/mol. The second-order valence-corrected chi connectivity index (χ2v) is 1.75. The van der Waals surface area contributed by atoms with E-state index in [0.717, 1.165) is 25.7 Å². The molecule has 7 heavy (non-hydrogen) atoms. The number of hydrogen-bond acceptors (Lipinski definition) is 1. The van der Waals surface area contributed by atoms with Gasteiger partial charge in [0.15, 0.2) is 0 Å². The summed E-state index contributed by atoms with van der Waals surface area (Å²) in [4.78, 5) is 10.2. The van der Waals surface area contributed by atoms with Gasteiger partial charge < -0.3 is 0 Å². The minimum atomic E-state index is 0. The van der Waals surface area contributed by atoms with E-state index in [1.54, 1.807) is 0 Å². The molecule has 0 atom stereocenters. The van der Waals surface area contributed by atoms with Crippen LogP contribution < -0.4 is 0 Å². The van der Waals surface area contributed by atoms with Crippen molar-refractivity contribution in [3.63, 3.8) is 0 Å². The maximum absolute atomic E-state index is 10.2. The molecule has 0 bridgehead atoms. The van der Waals surface area contributed by atoms with Crippen molar-refractivity contribution in [1.82, 2.24) is 0 Å². The smallest absolute Gasteiger partial charge is 0.132 e. The summed E-state index contributed by atoms with van der Waals surface area (Å²) in [6.07, 6.45) is 3.97. The second-order valence-electron chi connectivity index (χ2n) is 1.75. The van der Waals surface area contributed by atoms with Crippen LogP contribution in [0.1, 0.15) is 25.7 Å². The van der Waals surface area contributed by atoms with Gasteiger partial charge in [0.25, 0.3) is 0 Å². The molecule has 0 aliphatic heterocycles. The van der Waals surface area contributed by atoms with Crippen molar-refractivity contribution in [1.29, 1.82) is 0 Å². The van der Waals surface area contributed by atoms with Gasteiger partial charge in [-0.2, -0.15) is 0 Å².